The van der Waals surface area contributed by atoms with Gasteiger partial charge in [-0.25, -0.2) is 9.59 Å². The molecule has 0 amide bonds. The van der Waals surface area contributed by atoms with Gasteiger partial charge >= 0.3 is 11.9 Å². The molecule has 0 aliphatic carbocycles. The van der Waals surface area contributed by atoms with Crippen LogP contribution in [0.3, 0.4) is 0 Å². The minimum absolute atomic E-state index is 0.0111. The van der Waals surface area contributed by atoms with E-state index in [2.05, 4.69) is 0 Å². The Kier molecular flexibility index (Phi) is 4.55. The highest BCUT2D eigenvalue weighted by molar-refractivity contribution is 5.88. The molecule has 4 N–H and O–H groups in total. The van der Waals surface area contributed by atoms with Gasteiger partial charge in [-0.15, -0.1) is 0 Å². The third kappa shape index (κ3) is 3.30. The van der Waals surface area contributed by atoms with E-state index in [1.54, 1.807) is 0 Å². The highest BCUT2D eigenvalue weighted by Crippen LogP contribution is 2.29. The fraction of sp³-hybridized carbons (Fsp3) is 0.125. The van der Waals surface area contributed by atoms with Gasteiger partial charge < -0.3 is 20.4 Å². The molecule has 0 radical (unpaired) electrons. The van der Waals surface area contributed by atoms with Crippen LogP contribution in [-0.4, -0.2) is 32.4 Å². The van der Waals surface area contributed by atoms with Crippen molar-refractivity contribution in [1.82, 2.24) is 0 Å². The Hall–Kier alpha value is -2.70. The zero-order valence-corrected chi connectivity index (χ0v) is 11.4. The fourth-order valence-electron chi connectivity index (χ4n) is 2.08. The zero-order chi connectivity index (χ0) is 16.3. The van der Waals surface area contributed by atoms with Crippen molar-refractivity contribution in [3.63, 3.8) is 0 Å². The van der Waals surface area contributed by atoms with Crippen LogP contribution in [0.15, 0.2) is 48.5 Å². The van der Waals surface area contributed by atoms with E-state index in [4.69, 9.17) is 10.2 Å². The zero-order valence-electron chi connectivity index (χ0n) is 11.4. The molecule has 0 saturated heterocycles. The summed E-state index contributed by atoms with van der Waals surface area (Å²) in [6, 6.07) is 11.2. The third-order valence-electron chi connectivity index (χ3n) is 3.25. The van der Waals surface area contributed by atoms with Crippen LogP contribution in [-0.2, 0) is 0 Å². The summed E-state index contributed by atoms with van der Waals surface area (Å²) in [4.78, 5) is 21.9. The average molecular weight is 302 g/mol. The molecular formula is C16H14O6. The largest absolute Gasteiger partial charge is 0.478 e. The van der Waals surface area contributed by atoms with Crippen molar-refractivity contribution < 1.29 is 30.0 Å². The molecule has 2 aromatic rings. The Bertz CT molecular complexity index is 648. The van der Waals surface area contributed by atoms with Crippen molar-refractivity contribution in [2.45, 2.75) is 12.2 Å². The number of hydrogen-bond donors (Lipinski definition) is 4. The highest BCUT2D eigenvalue weighted by atomic mass is 16.4. The second kappa shape index (κ2) is 6.38. The quantitative estimate of drug-likeness (QED) is 0.670. The summed E-state index contributed by atoms with van der Waals surface area (Å²) in [5.41, 5.74) is 0.437. The number of carboxylic acids is 2. The number of carbonyl (C=O) groups is 2. The lowest BCUT2D eigenvalue weighted by Crippen LogP contribution is -2.12. The molecule has 0 saturated carbocycles. The van der Waals surface area contributed by atoms with Gasteiger partial charge in [0.25, 0.3) is 0 Å². The fourth-order valence-corrected chi connectivity index (χ4v) is 2.08. The number of carboxylic acid groups (broad SMARTS) is 2. The first-order chi connectivity index (χ1) is 10.4. The van der Waals surface area contributed by atoms with Gasteiger partial charge in [-0.3, -0.25) is 0 Å². The molecule has 2 aromatic carbocycles. The van der Waals surface area contributed by atoms with Crippen LogP contribution in [0.1, 0.15) is 44.1 Å². The summed E-state index contributed by atoms with van der Waals surface area (Å²) >= 11 is 0. The van der Waals surface area contributed by atoms with Crippen molar-refractivity contribution in [2.24, 2.45) is 0 Å². The lowest BCUT2D eigenvalue weighted by Gasteiger charge is -2.19. The Labute approximate surface area is 125 Å². The van der Waals surface area contributed by atoms with Gasteiger partial charge in [0.05, 0.1) is 11.1 Å². The van der Waals surface area contributed by atoms with Crippen molar-refractivity contribution >= 4 is 11.9 Å². The first kappa shape index (κ1) is 15.7. The van der Waals surface area contributed by atoms with Gasteiger partial charge in [0, 0.05) is 0 Å². The topological polar surface area (TPSA) is 115 Å². The van der Waals surface area contributed by atoms with E-state index >= 15 is 0 Å². The second-order valence-corrected chi connectivity index (χ2v) is 4.75. The van der Waals surface area contributed by atoms with E-state index in [-0.39, 0.29) is 22.3 Å². The molecule has 114 valence electrons. The Morgan fingerprint density at radius 1 is 0.727 bits per heavy atom. The Balaban J connectivity index is 2.30. The normalized spacial score (nSPS) is 13.4. The van der Waals surface area contributed by atoms with E-state index < -0.39 is 24.1 Å². The maximum atomic E-state index is 10.9. The minimum Gasteiger partial charge on any atom is -0.478 e. The summed E-state index contributed by atoms with van der Waals surface area (Å²) < 4.78 is 0. The predicted molar refractivity (Wildman–Crippen MR) is 76.7 cm³/mol. The lowest BCUT2D eigenvalue weighted by molar-refractivity contribution is 0.0171. The second-order valence-electron chi connectivity index (χ2n) is 4.75. The first-order valence-corrected chi connectivity index (χ1v) is 6.43. The molecule has 2 unspecified atom stereocenters. The van der Waals surface area contributed by atoms with Gasteiger partial charge in [0.2, 0.25) is 0 Å². The van der Waals surface area contributed by atoms with Gasteiger partial charge in [0.1, 0.15) is 12.2 Å². The highest BCUT2D eigenvalue weighted by Gasteiger charge is 2.22. The van der Waals surface area contributed by atoms with Gasteiger partial charge in [0.15, 0.2) is 0 Å². The molecule has 2 atom stereocenters. The number of hydrogen-bond acceptors (Lipinski definition) is 4. The average Bonchev–Trinajstić information content (AvgIpc) is 2.53. The number of aromatic carboxylic acids is 2. The number of rotatable bonds is 5. The van der Waals surface area contributed by atoms with E-state index in [0.717, 1.165) is 0 Å². The van der Waals surface area contributed by atoms with Crippen LogP contribution in [0, 0.1) is 0 Å². The monoisotopic (exact) mass is 302 g/mol. The maximum Gasteiger partial charge on any atom is 0.335 e. The van der Waals surface area contributed by atoms with E-state index in [1.807, 2.05) is 0 Å². The van der Waals surface area contributed by atoms with Crippen LogP contribution in [0.2, 0.25) is 0 Å². The third-order valence-corrected chi connectivity index (χ3v) is 3.25. The Morgan fingerprint density at radius 2 is 1.09 bits per heavy atom. The number of aliphatic hydroxyl groups excluding tert-OH is 2. The number of aliphatic hydroxyl groups is 2. The van der Waals surface area contributed by atoms with Gasteiger partial charge in [-0.1, -0.05) is 24.3 Å². The summed E-state index contributed by atoms with van der Waals surface area (Å²) in [6.45, 7) is 0. The molecule has 0 aliphatic rings. The van der Waals surface area contributed by atoms with Crippen LogP contribution in [0.4, 0.5) is 0 Å². The van der Waals surface area contributed by atoms with Crippen molar-refractivity contribution in [1.29, 1.82) is 0 Å². The molecular weight excluding hydrogens is 288 g/mol. The van der Waals surface area contributed by atoms with Crippen LogP contribution in [0.25, 0.3) is 0 Å². The van der Waals surface area contributed by atoms with E-state index in [1.165, 1.54) is 48.5 Å². The summed E-state index contributed by atoms with van der Waals surface area (Å²) in [7, 11) is 0. The molecule has 6 heteroatoms. The molecule has 0 aromatic heterocycles. The molecule has 6 nitrogen and oxygen atoms in total. The smallest absolute Gasteiger partial charge is 0.335 e. The lowest BCUT2D eigenvalue weighted by atomic mass is 9.96. The number of benzene rings is 2. The molecule has 2 rings (SSSR count). The van der Waals surface area contributed by atoms with Gasteiger partial charge in [-0.05, 0) is 35.4 Å². The van der Waals surface area contributed by atoms with Gasteiger partial charge in [-0.2, -0.15) is 0 Å². The maximum absolute atomic E-state index is 10.9. The van der Waals surface area contributed by atoms with E-state index in [0.29, 0.717) is 0 Å². The molecule has 0 aliphatic heterocycles. The molecule has 22 heavy (non-hydrogen) atoms. The van der Waals surface area contributed by atoms with Crippen LogP contribution >= 0.6 is 0 Å². The Morgan fingerprint density at radius 3 is 1.41 bits per heavy atom. The van der Waals surface area contributed by atoms with E-state index in [9.17, 15) is 19.8 Å². The van der Waals surface area contributed by atoms with Crippen LogP contribution < -0.4 is 0 Å². The van der Waals surface area contributed by atoms with Crippen molar-refractivity contribution in [2.75, 3.05) is 0 Å². The molecule has 0 spiro atoms. The van der Waals surface area contributed by atoms with Crippen LogP contribution in [0.5, 0.6) is 0 Å². The first-order valence-electron chi connectivity index (χ1n) is 6.43. The molecule has 0 heterocycles. The van der Waals surface area contributed by atoms with Crippen molar-refractivity contribution in [3.05, 3.63) is 70.8 Å². The minimum atomic E-state index is -1.37. The SMILES string of the molecule is O=C(O)c1cccc(C(O)C(O)c2cccc(C(=O)O)c2)c1. The molecule has 0 bridgehead atoms. The standard InChI is InChI=1S/C16H14O6/c17-13(9-3-1-5-11(7-9)15(19)20)14(18)10-4-2-6-12(8-10)16(21)22/h1-8,13-14,17-18H,(H,19,20)(H,21,22). The summed E-state index contributed by atoms with van der Waals surface area (Å²) in [5, 5.41) is 38.2. The van der Waals surface area contributed by atoms with Crippen molar-refractivity contribution in [3.8, 4) is 0 Å². The summed E-state index contributed by atoms with van der Waals surface area (Å²) in [5.74, 6) is -2.28. The summed E-state index contributed by atoms with van der Waals surface area (Å²) in [6.07, 6.45) is -2.74. The predicted octanol–water partition coefficient (Wildman–Crippen LogP) is 1.85. The molecule has 0 fully saturated rings.